The number of halogens is 3. The first-order valence-corrected chi connectivity index (χ1v) is 5.84. The summed E-state index contributed by atoms with van der Waals surface area (Å²) in [7, 11) is 0. The van der Waals surface area contributed by atoms with Crippen LogP contribution in [0.5, 0.6) is 0 Å². The van der Waals surface area contributed by atoms with Gasteiger partial charge in [-0.1, -0.05) is 0 Å². The van der Waals surface area contributed by atoms with Crippen molar-refractivity contribution in [1.29, 1.82) is 0 Å². The lowest BCUT2D eigenvalue weighted by molar-refractivity contribution is 0.603. The average molecular weight is 286 g/mol. The summed E-state index contributed by atoms with van der Waals surface area (Å²) < 4.78 is 26.5. The Balaban J connectivity index is 2.29. The molecule has 1 aromatic carbocycles. The largest absolute Gasteiger partial charge is 0.354 e. The van der Waals surface area contributed by atoms with E-state index in [0.717, 1.165) is 18.2 Å². The van der Waals surface area contributed by atoms with E-state index in [0.29, 0.717) is 6.54 Å². The van der Waals surface area contributed by atoms with E-state index >= 15 is 0 Å². The minimum Gasteiger partial charge on any atom is -0.354 e. The number of nitrogens with zero attached hydrogens (tertiary/aromatic N) is 3. The van der Waals surface area contributed by atoms with Crippen molar-refractivity contribution in [3.63, 3.8) is 0 Å². The van der Waals surface area contributed by atoms with Crippen molar-refractivity contribution < 1.29 is 8.78 Å². The summed E-state index contributed by atoms with van der Waals surface area (Å²) in [6.07, 6.45) is 0. The molecule has 0 aliphatic carbocycles. The molecule has 0 saturated carbocycles. The van der Waals surface area contributed by atoms with Gasteiger partial charge < -0.3 is 10.6 Å². The highest BCUT2D eigenvalue weighted by atomic mass is 35.5. The van der Waals surface area contributed by atoms with Crippen LogP contribution in [0.25, 0.3) is 0 Å². The molecule has 2 aromatic rings. The van der Waals surface area contributed by atoms with E-state index in [1.165, 1.54) is 0 Å². The summed E-state index contributed by atoms with van der Waals surface area (Å²) in [6.45, 7) is 2.45. The molecular weight excluding hydrogens is 276 g/mol. The molecule has 0 aliphatic heterocycles. The molecule has 0 aliphatic rings. The molecule has 0 fully saturated rings. The van der Waals surface area contributed by atoms with Gasteiger partial charge in [-0.15, -0.1) is 0 Å². The Morgan fingerprint density at radius 2 is 1.89 bits per heavy atom. The fraction of sp³-hybridized carbons (Fsp3) is 0.182. The van der Waals surface area contributed by atoms with Crippen LogP contribution in [0.15, 0.2) is 18.2 Å². The second-order valence-electron chi connectivity index (χ2n) is 3.53. The van der Waals surface area contributed by atoms with E-state index in [1.54, 1.807) is 0 Å². The van der Waals surface area contributed by atoms with E-state index < -0.39 is 11.6 Å². The van der Waals surface area contributed by atoms with Crippen molar-refractivity contribution in [3.05, 3.63) is 35.1 Å². The zero-order valence-electron chi connectivity index (χ0n) is 9.91. The minimum absolute atomic E-state index is 0.0282. The van der Waals surface area contributed by atoms with Gasteiger partial charge in [-0.25, -0.2) is 8.78 Å². The van der Waals surface area contributed by atoms with Crippen molar-refractivity contribution in [2.75, 3.05) is 17.2 Å². The predicted molar refractivity (Wildman–Crippen MR) is 68.6 cm³/mol. The van der Waals surface area contributed by atoms with E-state index in [1.807, 2.05) is 6.92 Å². The second kappa shape index (κ2) is 5.75. The van der Waals surface area contributed by atoms with Crippen LogP contribution in [0.2, 0.25) is 5.28 Å². The summed E-state index contributed by atoms with van der Waals surface area (Å²) in [5.41, 5.74) is -0.0790. The van der Waals surface area contributed by atoms with Crippen LogP contribution >= 0.6 is 11.6 Å². The SMILES string of the molecule is CCNc1nc(Cl)nc(Nc2cc(F)ccc2F)n1. The lowest BCUT2D eigenvalue weighted by atomic mass is 10.3. The van der Waals surface area contributed by atoms with Crippen LogP contribution in [0.1, 0.15) is 6.92 Å². The topological polar surface area (TPSA) is 62.7 Å². The molecule has 0 amide bonds. The van der Waals surface area contributed by atoms with Gasteiger partial charge in [0.1, 0.15) is 11.6 Å². The fourth-order valence-corrected chi connectivity index (χ4v) is 1.52. The quantitative estimate of drug-likeness (QED) is 0.904. The highest BCUT2D eigenvalue weighted by Crippen LogP contribution is 2.20. The number of aromatic nitrogens is 3. The predicted octanol–water partition coefficient (Wildman–Crippen LogP) is 2.98. The summed E-state index contributed by atoms with van der Waals surface area (Å²) in [4.78, 5) is 11.6. The van der Waals surface area contributed by atoms with Gasteiger partial charge >= 0.3 is 0 Å². The van der Waals surface area contributed by atoms with Crippen molar-refractivity contribution in [3.8, 4) is 0 Å². The van der Waals surface area contributed by atoms with Gasteiger partial charge in [0, 0.05) is 12.6 Å². The van der Waals surface area contributed by atoms with Crippen molar-refractivity contribution in [2.45, 2.75) is 6.92 Å². The number of anilines is 3. The smallest absolute Gasteiger partial charge is 0.233 e. The summed E-state index contributed by atoms with van der Waals surface area (Å²) in [5.74, 6) is -0.916. The van der Waals surface area contributed by atoms with Gasteiger partial charge in [0.15, 0.2) is 0 Å². The molecular formula is C11H10ClF2N5. The second-order valence-corrected chi connectivity index (χ2v) is 3.87. The lowest BCUT2D eigenvalue weighted by Crippen LogP contribution is -2.07. The monoisotopic (exact) mass is 285 g/mol. The van der Waals surface area contributed by atoms with E-state index in [9.17, 15) is 8.78 Å². The third kappa shape index (κ3) is 3.47. The Morgan fingerprint density at radius 1 is 1.16 bits per heavy atom. The number of hydrogen-bond donors (Lipinski definition) is 2. The Labute approximate surface area is 113 Å². The van der Waals surface area contributed by atoms with E-state index in [4.69, 9.17) is 11.6 Å². The van der Waals surface area contributed by atoms with Crippen molar-refractivity contribution >= 4 is 29.2 Å². The van der Waals surface area contributed by atoms with Crippen LogP contribution in [-0.2, 0) is 0 Å². The van der Waals surface area contributed by atoms with E-state index in [-0.39, 0.29) is 22.9 Å². The van der Waals surface area contributed by atoms with Gasteiger partial charge in [-0.05, 0) is 30.7 Å². The normalized spacial score (nSPS) is 10.3. The zero-order chi connectivity index (χ0) is 13.8. The third-order valence-corrected chi connectivity index (χ3v) is 2.29. The summed E-state index contributed by atoms with van der Waals surface area (Å²) >= 11 is 5.71. The molecule has 0 bridgehead atoms. The third-order valence-electron chi connectivity index (χ3n) is 2.12. The molecule has 100 valence electrons. The van der Waals surface area contributed by atoms with Gasteiger partial charge in [-0.3, -0.25) is 0 Å². The van der Waals surface area contributed by atoms with E-state index in [2.05, 4.69) is 25.6 Å². The summed E-state index contributed by atoms with van der Waals surface area (Å²) in [5, 5.41) is 5.35. The minimum atomic E-state index is -0.622. The maximum atomic E-state index is 13.5. The Morgan fingerprint density at radius 3 is 2.63 bits per heavy atom. The zero-order valence-corrected chi connectivity index (χ0v) is 10.7. The Bertz CT molecular complexity index is 593. The molecule has 1 aromatic heterocycles. The first kappa shape index (κ1) is 13.4. The molecule has 8 heteroatoms. The highest BCUT2D eigenvalue weighted by Gasteiger charge is 2.08. The van der Waals surface area contributed by atoms with Crippen molar-refractivity contribution in [2.24, 2.45) is 0 Å². The van der Waals surface area contributed by atoms with Gasteiger partial charge in [-0.2, -0.15) is 15.0 Å². The average Bonchev–Trinajstić information content (AvgIpc) is 2.33. The molecule has 1 heterocycles. The molecule has 2 rings (SSSR count). The Hall–Kier alpha value is -2.02. The number of hydrogen-bond acceptors (Lipinski definition) is 5. The van der Waals surface area contributed by atoms with Crippen LogP contribution in [0.4, 0.5) is 26.4 Å². The Kier molecular flexibility index (Phi) is 4.06. The van der Waals surface area contributed by atoms with Crippen LogP contribution in [0.3, 0.4) is 0 Å². The summed E-state index contributed by atoms with van der Waals surface area (Å²) in [6, 6.07) is 3.02. The van der Waals surface area contributed by atoms with Crippen LogP contribution in [0, 0.1) is 11.6 Å². The maximum Gasteiger partial charge on any atom is 0.233 e. The standard InChI is InChI=1S/C11H10ClF2N5/c1-2-15-10-17-9(12)18-11(19-10)16-8-5-6(13)3-4-7(8)14/h3-5H,2H2,1H3,(H2,15,16,17,18,19). The lowest BCUT2D eigenvalue weighted by Gasteiger charge is -2.08. The number of nitrogens with one attached hydrogen (secondary N) is 2. The highest BCUT2D eigenvalue weighted by molar-refractivity contribution is 6.28. The number of benzene rings is 1. The van der Waals surface area contributed by atoms with Gasteiger partial charge in [0.25, 0.3) is 0 Å². The van der Waals surface area contributed by atoms with Gasteiger partial charge in [0.2, 0.25) is 17.2 Å². The molecule has 0 saturated heterocycles. The van der Waals surface area contributed by atoms with Gasteiger partial charge in [0.05, 0.1) is 5.69 Å². The first-order valence-electron chi connectivity index (χ1n) is 5.46. The molecule has 0 atom stereocenters. The first-order chi connectivity index (χ1) is 9.08. The molecule has 5 nitrogen and oxygen atoms in total. The molecule has 2 N–H and O–H groups in total. The fourth-order valence-electron chi connectivity index (χ4n) is 1.36. The molecule has 0 radical (unpaired) electrons. The maximum absolute atomic E-state index is 13.5. The molecule has 19 heavy (non-hydrogen) atoms. The van der Waals surface area contributed by atoms with Crippen LogP contribution < -0.4 is 10.6 Å². The van der Waals surface area contributed by atoms with Crippen LogP contribution in [-0.4, -0.2) is 21.5 Å². The van der Waals surface area contributed by atoms with Crippen molar-refractivity contribution in [1.82, 2.24) is 15.0 Å². The molecule has 0 spiro atoms. The molecule has 0 unspecified atom stereocenters. The number of rotatable bonds is 4.